The Labute approximate surface area is 140 Å². The molecular weight excluding hydrogens is 384 g/mol. The Balaban J connectivity index is 0.00000400. The number of hydrogen-bond acceptors (Lipinski definition) is 5. The second kappa shape index (κ2) is 8.79. The Morgan fingerprint density at radius 2 is 1.76 bits per heavy atom. The van der Waals surface area contributed by atoms with Gasteiger partial charge in [0.2, 0.25) is 10.0 Å². The molecule has 0 atom stereocenters. The van der Waals surface area contributed by atoms with Crippen LogP contribution in [0.5, 0.6) is 11.5 Å². The van der Waals surface area contributed by atoms with E-state index in [-0.39, 0.29) is 17.3 Å². The van der Waals surface area contributed by atoms with Crippen molar-refractivity contribution in [3.05, 3.63) is 16.6 Å². The van der Waals surface area contributed by atoms with Gasteiger partial charge in [-0.2, -0.15) is 4.31 Å². The molecule has 0 aromatic heterocycles. The summed E-state index contributed by atoms with van der Waals surface area (Å²) in [5, 5.41) is 2.92. The van der Waals surface area contributed by atoms with Crippen LogP contribution in [0.1, 0.15) is 0 Å². The molecule has 6 nitrogen and oxygen atoms in total. The molecule has 0 aliphatic heterocycles. The molecule has 0 amide bonds. The summed E-state index contributed by atoms with van der Waals surface area (Å²) in [7, 11) is 2.68. The molecule has 9 heteroatoms. The summed E-state index contributed by atoms with van der Waals surface area (Å²) in [6, 6.07) is 3.03. The molecule has 0 aliphatic carbocycles. The Morgan fingerprint density at radius 1 is 1.24 bits per heavy atom. The minimum absolute atomic E-state index is 0. The SMILES string of the molecule is CNCCN(C)S(=O)(=O)c1cc(OC)c(OC)cc1Br.Cl. The first kappa shape index (κ1) is 20.5. The fourth-order valence-electron chi connectivity index (χ4n) is 1.59. The Kier molecular flexibility index (Phi) is 8.57. The number of rotatable bonds is 7. The lowest BCUT2D eigenvalue weighted by Gasteiger charge is -2.19. The maximum atomic E-state index is 12.5. The third kappa shape index (κ3) is 4.72. The van der Waals surface area contributed by atoms with E-state index < -0.39 is 10.0 Å². The van der Waals surface area contributed by atoms with Crippen molar-refractivity contribution in [1.82, 2.24) is 9.62 Å². The zero-order chi connectivity index (χ0) is 15.3. The summed E-state index contributed by atoms with van der Waals surface area (Å²) in [5.74, 6) is 0.840. The highest BCUT2D eigenvalue weighted by Crippen LogP contribution is 2.36. The van der Waals surface area contributed by atoms with Crippen LogP contribution in [0.3, 0.4) is 0 Å². The highest BCUT2D eigenvalue weighted by molar-refractivity contribution is 9.10. The highest BCUT2D eigenvalue weighted by atomic mass is 79.9. The number of sulfonamides is 1. The third-order valence-corrected chi connectivity index (χ3v) is 5.62. The Bertz CT molecular complexity index is 569. The summed E-state index contributed by atoms with van der Waals surface area (Å²) in [4.78, 5) is 0.147. The van der Waals surface area contributed by atoms with Gasteiger partial charge in [0.15, 0.2) is 11.5 Å². The molecule has 0 radical (unpaired) electrons. The summed E-state index contributed by atoms with van der Waals surface area (Å²) < 4.78 is 37.0. The zero-order valence-corrected chi connectivity index (χ0v) is 15.6. The molecule has 1 aromatic carbocycles. The summed E-state index contributed by atoms with van der Waals surface area (Å²) in [6.07, 6.45) is 0. The van der Waals surface area contributed by atoms with Crippen LogP contribution in [0.25, 0.3) is 0 Å². The molecule has 0 heterocycles. The molecular formula is C12H20BrClN2O4S. The quantitative estimate of drug-likeness (QED) is 0.751. The van der Waals surface area contributed by atoms with Crippen LogP contribution in [0.2, 0.25) is 0 Å². The van der Waals surface area contributed by atoms with Crippen LogP contribution in [0.4, 0.5) is 0 Å². The molecule has 21 heavy (non-hydrogen) atoms. The number of ether oxygens (including phenoxy) is 2. The molecule has 1 rings (SSSR count). The van der Waals surface area contributed by atoms with E-state index in [1.165, 1.54) is 31.6 Å². The second-order valence-electron chi connectivity index (χ2n) is 4.07. The van der Waals surface area contributed by atoms with Crippen LogP contribution in [0, 0.1) is 0 Å². The molecule has 0 spiro atoms. The Morgan fingerprint density at radius 3 is 2.24 bits per heavy atom. The third-order valence-electron chi connectivity index (χ3n) is 2.80. The van der Waals surface area contributed by atoms with Gasteiger partial charge in [-0.05, 0) is 29.0 Å². The largest absolute Gasteiger partial charge is 0.493 e. The lowest BCUT2D eigenvalue weighted by molar-refractivity contribution is 0.353. The lowest BCUT2D eigenvalue weighted by atomic mass is 10.3. The van der Waals surface area contributed by atoms with Gasteiger partial charge in [-0.15, -0.1) is 12.4 Å². The fraction of sp³-hybridized carbons (Fsp3) is 0.500. The van der Waals surface area contributed by atoms with Crippen LogP contribution >= 0.6 is 28.3 Å². The molecule has 0 saturated heterocycles. The lowest BCUT2D eigenvalue weighted by Crippen LogP contribution is -2.33. The number of nitrogens with zero attached hydrogens (tertiary/aromatic N) is 1. The zero-order valence-electron chi connectivity index (χ0n) is 12.3. The van der Waals surface area contributed by atoms with Crippen molar-refractivity contribution in [3.63, 3.8) is 0 Å². The second-order valence-corrected chi connectivity index (χ2v) is 6.94. The first-order valence-electron chi connectivity index (χ1n) is 5.91. The van der Waals surface area contributed by atoms with Gasteiger partial charge in [0.25, 0.3) is 0 Å². The van der Waals surface area contributed by atoms with Crippen molar-refractivity contribution in [2.45, 2.75) is 4.90 Å². The molecule has 0 unspecified atom stereocenters. The van der Waals surface area contributed by atoms with E-state index in [1.807, 2.05) is 0 Å². The molecule has 0 aliphatic rings. The number of nitrogens with one attached hydrogen (secondary N) is 1. The van der Waals surface area contributed by atoms with E-state index in [0.717, 1.165) is 0 Å². The predicted octanol–water partition coefficient (Wildman–Crippen LogP) is 1.73. The average molecular weight is 404 g/mol. The summed E-state index contributed by atoms with van der Waals surface area (Å²) in [6.45, 7) is 0.945. The molecule has 0 bridgehead atoms. The average Bonchev–Trinajstić information content (AvgIpc) is 2.43. The van der Waals surface area contributed by atoms with Gasteiger partial charge >= 0.3 is 0 Å². The maximum absolute atomic E-state index is 12.5. The molecule has 122 valence electrons. The molecule has 1 N–H and O–H groups in total. The summed E-state index contributed by atoms with van der Waals surface area (Å²) >= 11 is 3.27. The number of benzene rings is 1. The first-order chi connectivity index (χ1) is 9.38. The van der Waals surface area contributed by atoms with Crippen molar-refractivity contribution in [2.24, 2.45) is 0 Å². The number of methoxy groups -OCH3 is 2. The number of hydrogen-bond donors (Lipinski definition) is 1. The molecule has 0 fully saturated rings. The van der Waals surface area contributed by atoms with E-state index in [9.17, 15) is 8.42 Å². The van der Waals surface area contributed by atoms with Crippen molar-refractivity contribution >= 4 is 38.4 Å². The van der Waals surface area contributed by atoms with Crippen LogP contribution < -0.4 is 14.8 Å². The predicted molar refractivity (Wildman–Crippen MR) is 88.2 cm³/mol. The van der Waals surface area contributed by atoms with Gasteiger partial charge in [-0.3, -0.25) is 0 Å². The van der Waals surface area contributed by atoms with Crippen LogP contribution in [-0.2, 0) is 10.0 Å². The van der Waals surface area contributed by atoms with Gasteiger partial charge in [0, 0.05) is 30.7 Å². The monoisotopic (exact) mass is 402 g/mol. The van der Waals surface area contributed by atoms with Gasteiger partial charge in [0.1, 0.15) is 4.90 Å². The van der Waals surface area contributed by atoms with Gasteiger partial charge in [-0.1, -0.05) is 0 Å². The smallest absolute Gasteiger partial charge is 0.244 e. The Hall–Kier alpha value is -0.540. The maximum Gasteiger partial charge on any atom is 0.244 e. The highest BCUT2D eigenvalue weighted by Gasteiger charge is 2.25. The minimum Gasteiger partial charge on any atom is -0.493 e. The topological polar surface area (TPSA) is 67.9 Å². The van der Waals surface area contributed by atoms with E-state index in [1.54, 1.807) is 13.1 Å². The summed E-state index contributed by atoms with van der Waals surface area (Å²) in [5.41, 5.74) is 0. The van der Waals surface area contributed by atoms with E-state index in [4.69, 9.17) is 9.47 Å². The van der Waals surface area contributed by atoms with Crippen molar-refractivity contribution in [3.8, 4) is 11.5 Å². The van der Waals surface area contributed by atoms with E-state index in [0.29, 0.717) is 29.1 Å². The van der Waals surface area contributed by atoms with E-state index >= 15 is 0 Å². The number of likely N-dealkylation sites (N-methyl/N-ethyl adjacent to an activating group) is 2. The first-order valence-corrected chi connectivity index (χ1v) is 8.14. The van der Waals surface area contributed by atoms with Crippen molar-refractivity contribution in [2.75, 3.05) is 41.4 Å². The van der Waals surface area contributed by atoms with Crippen LogP contribution in [-0.4, -0.2) is 54.1 Å². The van der Waals surface area contributed by atoms with Gasteiger partial charge in [0.05, 0.1) is 14.2 Å². The van der Waals surface area contributed by atoms with Crippen molar-refractivity contribution < 1.29 is 17.9 Å². The van der Waals surface area contributed by atoms with Crippen molar-refractivity contribution in [1.29, 1.82) is 0 Å². The fourth-order valence-corrected chi connectivity index (χ4v) is 3.76. The number of halogens is 2. The molecule has 0 saturated carbocycles. The minimum atomic E-state index is -3.59. The van der Waals surface area contributed by atoms with Gasteiger partial charge < -0.3 is 14.8 Å². The van der Waals surface area contributed by atoms with E-state index in [2.05, 4.69) is 21.2 Å². The molecule has 1 aromatic rings. The van der Waals surface area contributed by atoms with Crippen LogP contribution in [0.15, 0.2) is 21.5 Å². The standard InChI is InChI=1S/C12H19BrN2O4S.ClH/c1-14-5-6-15(2)20(16,17)12-8-11(19-4)10(18-3)7-9(12)13;/h7-8,14H,5-6H2,1-4H3;1H. The van der Waals surface area contributed by atoms with Gasteiger partial charge in [-0.25, -0.2) is 8.42 Å². The normalized spacial score (nSPS) is 11.1.